The van der Waals surface area contributed by atoms with Crippen LogP contribution in [0.5, 0.6) is 0 Å². The quantitative estimate of drug-likeness (QED) is 0.272. The first-order chi connectivity index (χ1) is 22.3. The molecule has 2 fully saturated rings. The third-order valence-electron chi connectivity index (χ3n) is 8.58. The molecule has 3 amide bonds. The van der Waals surface area contributed by atoms with Crippen LogP contribution in [0.4, 0.5) is 5.69 Å². The molecule has 11 heteroatoms. The van der Waals surface area contributed by atoms with Gasteiger partial charge in [-0.1, -0.05) is 51.8 Å². The lowest BCUT2D eigenvalue weighted by molar-refractivity contribution is -0.133. The number of halogens is 2. The van der Waals surface area contributed by atoms with E-state index in [2.05, 4.69) is 26.1 Å². The van der Waals surface area contributed by atoms with Crippen molar-refractivity contribution >= 4 is 61.9 Å². The molecule has 9 nitrogen and oxygen atoms in total. The minimum Gasteiger partial charge on any atom is -0.451 e. The van der Waals surface area contributed by atoms with E-state index in [1.807, 2.05) is 41.3 Å². The fraction of sp³-hybridized carbons (Fsp3) is 0.314. The number of fused-ring (bicyclic) bond motifs is 1. The lowest BCUT2D eigenvalue weighted by Gasteiger charge is -2.38. The molecule has 238 valence electrons. The highest BCUT2D eigenvalue weighted by molar-refractivity contribution is 9.10. The Hall–Kier alpha value is -4.15. The topological polar surface area (TPSA) is 103 Å². The average Bonchev–Trinajstić information content (AvgIpc) is 3.09. The minimum atomic E-state index is -0.917. The normalized spacial score (nSPS) is 15.9. The molecule has 3 heterocycles. The molecule has 0 saturated carbocycles. The zero-order valence-electron chi connectivity index (χ0n) is 25.2. The number of carbonyl (C=O) groups excluding carboxylic acids is 3. The van der Waals surface area contributed by atoms with E-state index in [0.29, 0.717) is 42.2 Å². The highest BCUT2D eigenvalue weighted by atomic mass is 79.9. The van der Waals surface area contributed by atoms with Gasteiger partial charge in [0.15, 0.2) is 11.2 Å². The van der Waals surface area contributed by atoms with Gasteiger partial charge in [-0.2, -0.15) is 0 Å². The van der Waals surface area contributed by atoms with Crippen LogP contribution in [0.15, 0.2) is 86.5 Å². The smallest absolute Gasteiger partial charge is 0.287 e. The summed E-state index contributed by atoms with van der Waals surface area (Å²) in [4.78, 5) is 59.4. The molecule has 1 N–H and O–H groups in total. The summed E-state index contributed by atoms with van der Waals surface area (Å²) in [7, 11) is 0. The number of likely N-dealkylation sites (tertiary alicyclic amines) is 1. The fourth-order valence-corrected chi connectivity index (χ4v) is 6.60. The summed E-state index contributed by atoms with van der Waals surface area (Å²) in [5.41, 5.74) is 2.28. The molecular formula is C35H34BrClN4O5. The van der Waals surface area contributed by atoms with Crippen molar-refractivity contribution in [1.29, 1.82) is 0 Å². The molecule has 0 spiro atoms. The SMILES string of the molecule is O=C(N[C@H](Cc1ccc(Cl)cc1)C(=O)N1CCN(c2ccccc2C(=O)N2CCCCC2)CC1)c1cc(=O)c2cc(Br)ccc2o1. The monoisotopic (exact) mass is 704 g/mol. The van der Waals surface area contributed by atoms with Gasteiger partial charge in [0.05, 0.1) is 10.9 Å². The van der Waals surface area contributed by atoms with Gasteiger partial charge in [-0.05, 0) is 67.3 Å². The van der Waals surface area contributed by atoms with Crippen molar-refractivity contribution in [1.82, 2.24) is 15.1 Å². The number of piperazine rings is 1. The number of nitrogens with one attached hydrogen (secondary N) is 1. The Balaban J connectivity index is 1.19. The van der Waals surface area contributed by atoms with Crippen LogP contribution in [0.2, 0.25) is 5.02 Å². The Bertz CT molecular complexity index is 1810. The van der Waals surface area contributed by atoms with Gasteiger partial charge < -0.3 is 24.4 Å². The van der Waals surface area contributed by atoms with Crippen LogP contribution in [0.3, 0.4) is 0 Å². The van der Waals surface area contributed by atoms with Gasteiger partial charge in [0, 0.05) is 66.9 Å². The molecule has 46 heavy (non-hydrogen) atoms. The molecule has 4 aromatic rings. The van der Waals surface area contributed by atoms with E-state index in [0.717, 1.165) is 54.1 Å². The highest BCUT2D eigenvalue weighted by Crippen LogP contribution is 2.25. The Morgan fingerprint density at radius 1 is 0.848 bits per heavy atom. The van der Waals surface area contributed by atoms with Gasteiger partial charge in [-0.3, -0.25) is 19.2 Å². The number of piperidine rings is 1. The van der Waals surface area contributed by atoms with E-state index < -0.39 is 11.9 Å². The predicted molar refractivity (Wildman–Crippen MR) is 182 cm³/mol. The maximum Gasteiger partial charge on any atom is 0.287 e. The standard InChI is InChI=1S/C35H34BrClN4O5/c36-24-10-13-31-27(21-24)30(42)22-32(46-31)33(43)38-28(20-23-8-11-25(37)12-9-23)35(45)41-18-16-39(17-19-41)29-7-3-2-6-26(29)34(44)40-14-4-1-5-15-40/h2-3,6-13,21-22,28H,1,4-5,14-20H2,(H,38,43)/t28-/m1/s1. The third kappa shape index (κ3) is 7.13. The molecule has 2 aliphatic rings. The van der Waals surface area contributed by atoms with E-state index in [-0.39, 0.29) is 35.0 Å². The summed E-state index contributed by atoms with van der Waals surface area (Å²) in [5.74, 6) is -1.02. The number of nitrogens with zero attached hydrogens (tertiary/aromatic N) is 3. The molecule has 1 aromatic heterocycles. The Labute approximate surface area is 280 Å². The van der Waals surface area contributed by atoms with Crippen LogP contribution in [-0.2, 0) is 11.2 Å². The van der Waals surface area contributed by atoms with Crippen molar-refractivity contribution in [2.45, 2.75) is 31.7 Å². The van der Waals surface area contributed by atoms with Crippen molar-refractivity contribution in [3.63, 3.8) is 0 Å². The molecular weight excluding hydrogens is 672 g/mol. The summed E-state index contributed by atoms with van der Waals surface area (Å²) in [6.07, 6.45) is 3.41. The summed E-state index contributed by atoms with van der Waals surface area (Å²) < 4.78 is 6.49. The molecule has 0 aliphatic carbocycles. The number of anilines is 1. The molecule has 1 atom stereocenters. The predicted octanol–water partition coefficient (Wildman–Crippen LogP) is 5.52. The number of carbonyl (C=O) groups is 3. The molecule has 0 radical (unpaired) electrons. The minimum absolute atomic E-state index is 0.0486. The molecule has 3 aromatic carbocycles. The van der Waals surface area contributed by atoms with Crippen LogP contribution in [-0.4, -0.2) is 72.8 Å². The van der Waals surface area contributed by atoms with E-state index in [1.165, 1.54) is 0 Å². The average molecular weight is 706 g/mol. The molecule has 2 saturated heterocycles. The summed E-state index contributed by atoms with van der Waals surface area (Å²) in [5, 5.41) is 3.74. The molecule has 6 rings (SSSR count). The first kappa shape index (κ1) is 31.8. The molecule has 2 aliphatic heterocycles. The lowest BCUT2D eigenvalue weighted by atomic mass is 10.0. The third-order valence-corrected chi connectivity index (χ3v) is 9.32. The number of hydrogen-bond acceptors (Lipinski definition) is 6. The van der Waals surface area contributed by atoms with Gasteiger partial charge in [0.25, 0.3) is 11.8 Å². The van der Waals surface area contributed by atoms with Gasteiger partial charge in [-0.15, -0.1) is 0 Å². The van der Waals surface area contributed by atoms with Crippen molar-refractivity contribution in [3.05, 3.63) is 109 Å². The van der Waals surface area contributed by atoms with Crippen molar-refractivity contribution in [2.24, 2.45) is 0 Å². The zero-order valence-corrected chi connectivity index (χ0v) is 27.6. The van der Waals surface area contributed by atoms with E-state index in [1.54, 1.807) is 35.2 Å². The van der Waals surface area contributed by atoms with E-state index >= 15 is 0 Å². The van der Waals surface area contributed by atoms with E-state index in [9.17, 15) is 19.2 Å². The number of rotatable bonds is 7. The second-order valence-corrected chi connectivity index (χ2v) is 13.0. The highest BCUT2D eigenvalue weighted by Gasteiger charge is 2.31. The van der Waals surface area contributed by atoms with Crippen LogP contribution in [0.25, 0.3) is 11.0 Å². The van der Waals surface area contributed by atoms with Crippen molar-refractivity contribution < 1.29 is 18.8 Å². The summed E-state index contributed by atoms with van der Waals surface area (Å²) >= 11 is 9.44. The number of benzene rings is 3. The van der Waals surface area contributed by atoms with Gasteiger partial charge >= 0.3 is 0 Å². The van der Waals surface area contributed by atoms with Crippen LogP contribution >= 0.6 is 27.5 Å². The van der Waals surface area contributed by atoms with Crippen LogP contribution in [0.1, 0.15) is 45.7 Å². The van der Waals surface area contributed by atoms with Gasteiger partial charge in [-0.25, -0.2) is 0 Å². The second-order valence-electron chi connectivity index (χ2n) is 11.7. The zero-order chi connectivity index (χ0) is 32.2. The molecule has 0 unspecified atom stereocenters. The van der Waals surface area contributed by atoms with E-state index in [4.69, 9.17) is 16.0 Å². The Morgan fingerprint density at radius 2 is 1.57 bits per heavy atom. The first-order valence-electron chi connectivity index (χ1n) is 15.5. The van der Waals surface area contributed by atoms with Gasteiger partial charge in [0.2, 0.25) is 5.91 Å². The number of amides is 3. The van der Waals surface area contributed by atoms with Gasteiger partial charge in [0.1, 0.15) is 11.6 Å². The fourth-order valence-electron chi connectivity index (χ4n) is 6.11. The van der Waals surface area contributed by atoms with Crippen molar-refractivity contribution in [2.75, 3.05) is 44.2 Å². The number of hydrogen-bond donors (Lipinski definition) is 1. The maximum atomic E-state index is 14.0. The summed E-state index contributed by atoms with van der Waals surface area (Å²) in [6.45, 7) is 3.45. The van der Waals surface area contributed by atoms with Crippen LogP contribution in [0, 0.1) is 0 Å². The van der Waals surface area contributed by atoms with Crippen molar-refractivity contribution in [3.8, 4) is 0 Å². The Morgan fingerprint density at radius 3 is 2.30 bits per heavy atom. The summed E-state index contributed by atoms with van der Waals surface area (Å²) in [6, 6.07) is 20.0. The maximum absolute atomic E-state index is 14.0. The second kappa shape index (κ2) is 14.1. The lowest BCUT2D eigenvalue weighted by Crippen LogP contribution is -2.56. The first-order valence-corrected chi connectivity index (χ1v) is 16.6. The van der Waals surface area contributed by atoms with Crippen LogP contribution < -0.4 is 15.6 Å². The largest absolute Gasteiger partial charge is 0.451 e. The number of para-hydroxylation sites is 1. The Kier molecular flexibility index (Phi) is 9.75. The molecule has 0 bridgehead atoms.